The summed E-state index contributed by atoms with van der Waals surface area (Å²) in [6, 6.07) is -0.136. The standard InChI is InChI=1S/C9H19N3O2/c1-6(2)7(10)5-9(14)12-4-3-8(11)13/h6-7H,3-5,10H2,1-2H3,(H2,11,13)(H,12,14). The van der Waals surface area contributed by atoms with Gasteiger partial charge in [-0.2, -0.15) is 0 Å². The molecule has 5 heteroatoms. The van der Waals surface area contributed by atoms with Crippen molar-refractivity contribution in [1.82, 2.24) is 5.32 Å². The molecule has 0 bridgehead atoms. The summed E-state index contributed by atoms with van der Waals surface area (Å²) in [5, 5.41) is 2.58. The lowest BCUT2D eigenvalue weighted by molar-refractivity contribution is -0.121. The fourth-order valence-corrected chi connectivity index (χ4v) is 0.847. The van der Waals surface area contributed by atoms with Crippen LogP contribution in [0.1, 0.15) is 26.7 Å². The number of rotatable bonds is 6. The van der Waals surface area contributed by atoms with E-state index in [2.05, 4.69) is 5.32 Å². The Morgan fingerprint density at radius 1 is 1.36 bits per heavy atom. The molecule has 0 saturated heterocycles. The first kappa shape index (κ1) is 12.9. The minimum absolute atomic E-state index is 0.132. The number of hydrogen-bond acceptors (Lipinski definition) is 3. The van der Waals surface area contributed by atoms with Gasteiger partial charge in [-0.25, -0.2) is 0 Å². The third-order valence-electron chi connectivity index (χ3n) is 1.97. The van der Waals surface area contributed by atoms with E-state index in [4.69, 9.17) is 11.5 Å². The lowest BCUT2D eigenvalue weighted by Gasteiger charge is -2.14. The molecule has 1 unspecified atom stereocenters. The number of carbonyl (C=O) groups is 2. The molecule has 0 aliphatic rings. The molecule has 0 aromatic rings. The van der Waals surface area contributed by atoms with E-state index in [-0.39, 0.29) is 30.7 Å². The molecule has 0 aromatic carbocycles. The monoisotopic (exact) mass is 201 g/mol. The van der Waals surface area contributed by atoms with Crippen LogP contribution in [-0.4, -0.2) is 24.4 Å². The van der Waals surface area contributed by atoms with Crippen molar-refractivity contribution in [1.29, 1.82) is 0 Å². The molecule has 0 radical (unpaired) electrons. The molecule has 0 rings (SSSR count). The molecule has 0 heterocycles. The molecule has 0 aromatic heterocycles. The summed E-state index contributed by atoms with van der Waals surface area (Å²) in [5.74, 6) is -0.275. The average molecular weight is 201 g/mol. The van der Waals surface area contributed by atoms with Crippen molar-refractivity contribution in [2.24, 2.45) is 17.4 Å². The van der Waals surface area contributed by atoms with E-state index in [1.165, 1.54) is 0 Å². The van der Waals surface area contributed by atoms with Gasteiger partial charge in [-0.1, -0.05) is 13.8 Å². The first-order valence-electron chi connectivity index (χ1n) is 4.74. The third kappa shape index (κ3) is 6.42. The molecule has 0 spiro atoms. The maximum absolute atomic E-state index is 11.2. The van der Waals surface area contributed by atoms with Crippen LogP contribution in [0.5, 0.6) is 0 Å². The minimum Gasteiger partial charge on any atom is -0.370 e. The van der Waals surface area contributed by atoms with Gasteiger partial charge in [-0.05, 0) is 5.92 Å². The van der Waals surface area contributed by atoms with Crippen molar-refractivity contribution in [3.8, 4) is 0 Å². The highest BCUT2D eigenvalue weighted by Gasteiger charge is 2.12. The van der Waals surface area contributed by atoms with Gasteiger partial charge < -0.3 is 16.8 Å². The molecule has 2 amide bonds. The number of primary amides is 1. The number of nitrogens with two attached hydrogens (primary N) is 2. The SMILES string of the molecule is CC(C)C(N)CC(=O)NCCC(N)=O. The normalized spacial score (nSPS) is 12.6. The Hall–Kier alpha value is -1.10. The average Bonchev–Trinajstić information content (AvgIpc) is 2.02. The molecular formula is C9H19N3O2. The van der Waals surface area contributed by atoms with Crippen LogP contribution in [0.4, 0.5) is 0 Å². The first-order valence-corrected chi connectivity index (χ1v) is 4.74. The van der Waals surface area contributed by atoms with Gasteiger partial charge in [-0.3, -0.25) is 9.59 Å². The van der Waals surface area contributed by atoms with Crippen LogP contribution < -0.4 is 16.8 Å². The summed E-state index contributed by atoms with van der Waals surface area (Å²) in [4.78, 5) is 21.6. The van der Waals surface area contributed by atoms with Crippen LogP contribution in [-0.2, 0) is 9.59 Å². The highest BCUT2D eigenvalue weighted by atomic mass is 16.2. The summed E-state index contributed by atoms with van der Waals surface area (Å²) in [6.07, 6.45) is 0.457. The van der Waals surface area contributed by atoms with E-state index in [1.54, 1.807) is 0 Å². The zero-order chi connectivity index (χ0) is 11.1. The lowest BCUT2D eigenvalue weighted by Crippen LogP contribution is -2.36. The maximum Gasteiger partial charge on any atom is 0.221 e. The van der Waals surface area contributed by atoms with Gasteiger partial charge in [0.1, 0.15) is 0 Å². The topological polar surface area (TPSA) is 98.2 Å². The molecule has 0 aliphatic heterocycles. The Bertz CT molecular complexity index is 204. The van der Waals surface area contributed by atoms with Crippen molar-refractivity contribution in [3.63, 3.8) is 0 Å². The van der Waals surface area contributed by atoms with Crippen LogP contribution in [0.15, 0.2) is 0 Å². The Labute approximate surface area is 84.2 Å². The first-order chi connectivity index (χ1) is 6.43. The number of carbonyl (C=O) groups excluding carboxylic acids is 2. The predicted octanol–water partition coefficient (Wildman–Crippen LogP) is -0.649. The quantitative estimate of drug-likeness (QED) is 0.532. The van der Waals surface area contributed by atoms with E-state index in [9.17, 15) is 9.59 Å². The Morgan fingerprint density at radius 3 is 2.36 bits per heavy atom. The largest absolute Gasteiger partial charge is 0.370 e. The highest BCUT2D eigenvalue weighted by Crippen LogP contribution is 2.01. The number of hydrogen-bond donors (Lipinski definition) is 3. The molecule has 82 valence electrons. The van der Waals surface area contributed by atoms with Gasteiger partial charge in [0, 0.05) is 25.4 Å². The van der Waals surface area contributed by atoms with E-state index in [1.807, 2.05) is 13.8 Å². The van der Waals surface area contributed by atoms with Crippen molar-refractivity contribution in [2.75, 3.05) is 6.54 Å². The van der Waals surface area contributed by atoms with Crippen LogP contribution in [0, 0.1) is 5.92 Å². The maximum atomic E-state index is 11.2. The Kier molecular flexibility index (Phi) is 5.87. The van der Waals surface area contributed by atoms with Crippen molar-refractivity contribution >= 4 is 11.8 Å². The van der Waals surface area contributed by atoms with E-state index >= 15 is 0 Å². The molecule has 5 nitrogen and oxygen atoms in total. The van der Waals surface area contributed by atoms with E-state index < -0.39 is 5.91 Å². The van der Waals surface area contributed by atoms with Crippen LogP contribution in [0.2, 0.25) is 0 Å². The summed E-state index contributed by atoms with van der Waals surface area (Å²) in [7, 11) is 0. The predicted molar refractivity (Wildman–Crippen MR) is 54.3 cm³/mol. The second-order valence-corrected chi connectivity index (χ2v) is 3.68. The molecule has 14 heavy (non-hydrogen) atoms. The van der Waals surface area contributed by atoms with Crippen molar-refractivity contribution in [2.45, 2.75) is 32.7 Å². The van der Waals surface area contributed by atoms with Crippen LogP contribution in [0.3, 0.4) is 0 Å². The van der Waals surface area contributed by atoms with Gasteiger partial charge in [-0.15, -0.1) is 0 Å². The number of amides is 2. The summed E-state index contributed by atoms with van der Waals surface area (Å²) < 4.78 is 0. The van der Waals surface area contributed by atoms with Gasteiger partial charge in [0.25, 0.3) is 0 Å². The summed E-state index contributed by atoms with van der Waals surface area (Å²) >= 11 is 0. The van der Waals surface area contributed by atoms with E-state index in [0.29, 0.717) is 6.54 Å². The van der Waals surface area contributed by atoms with Gasteiger partial charge in [0.2, 0.25) is 11.8 Å². The van der Waals surface area contributed by atoms with Gasteiger partial charge >= 0.3 is 0 Å². The molecular weight excluding hydrogens is 182 g/mol. The lowest BCUT2D eigenvalue weighted by atomic mass is 10.0. The zero-order valence-corrected chi connectivity index (χ0v) is 8.75. The van der Waals surface area contributed by atoms with Crippen molar-refractivity contribution in [3.05, 3.63) is 0 Å². The highest BCUT2D eigenvalue weighted by molar-refractivity contribution is 5.78. The molecule has 0 saturated carbocycles. The van der Waals surface area contributed by atoms with Gasteiger partial charge in [0.15, 0.2) is 0 Å². The molecule has 1 atom stereocenters. The van der Waals surface area contributed by atoms with Crippen molar-refractivity contribution < 1.29 is 9.59 Å². The summed E-state index contributed by atoms with van der Waals surface area (Å²) in [5.41, 5.74) is 10.6. The smallest absolute Gasteiger partial charge is 0.221 e. The van der Waals surface area contributed by atoms with Crippen LogP contribution >= 0.6 is 0 Å². The number of nitrogens with one attached hydrogen (secondary N) is 1. The van der Waals surface area contributed by atoms with E-state index in [0.717, 1.165) is 0 Å². The molecule has 0 aliphatic carbocycles. The Morgan fingerprint density at radius 2 is 1.93 bits per heavy atom. The fraction of sp³-hybridized carbons (Fsp3) is 0.778. The van der Waals surface area contributed by atoms with Crippen LogP contribution in [0.25, 0.3) is 0 Å². The van der Waals surface area contributed by atoms with Gasteiger partial charge in [0.05, 0.1) is 0 Å². The molecule has 0 fully saturated rings. The third-order valence-corrected chi connectivity index (χ3v) is 1.97. The second kappa shape index (κ2) is 6.37. The minimum atomic E-state index is -0.418. The second-order valence-electron chi connectivity index (χ2n) is 3.68. The summed E-state index contributed by atoms with van der Waals surface area (Å²) in [6.45, 7) is 4.21. The molecule has 5 N–H and O–H groups in total. The fourth-order valence-electron chi connectivity index (χ4n) is 0.847. The zero-order valence-electron chi connectivity index (χ0n) is 8.75. The Balaban J connectivity index is 3.60.